The molecule has 0 radical (unpaired) electrons. The van der Waals surface area contributed by atoms with E-state index >= 15 is 0 Å². The van der Waals surface area contributed by atoms with Crippen LogP contribution in [-0.4, -0.2) is 115 Å². The van der Waals surface area contributed by atoms with Crippen LogP contribution in [0.4, 0.5) is 0 Å². The summed E-state index contributed by atoms with van der Waals surface area (Å²) in [5.74, 6) is 0. The van der Waals surface area contributed by atoms with Crippen molar-refractivity contribution in [2.24, 2.45) is 5.73 Å². The van der Waals surface area contributed by atoms with Gasteiger partial charge in [0.1, 0.15) is 30.5 Å². The fourth-order valence-corrected chi connectivity index (χ4v) is 3.14. The van der Waals surface area contributed by atoms with Crippen molar-refractivity contribution in [3.05, 3.63) is 0 Å². The minimum Gasteiger partial charge on any atom is -0.394 e. The number of nitrogens with two attached hydrogens (primary N) is 1. The second kappa shape index (κ2) is 6.46. The van der Waals surface area contributed by atoms with Gasteiger partial charge in [-0.15, -0.1) is 0 Å². The first kappa shape index (κ1) is 18.9. The van der Waals surface area contributed by atoms with Crippen molar-refractivity contribution < 1.29 is 50.3 Å². The summed E-state index contributed by atoms with van der Waals surface area (Å²) in [6.45, 7) is -2.40. The van der Waals surface area contributed by atoms with Crippen LogP contribution >= 0.6 is 0 Å². The largest absolute Gasteiger partial charge is 0.394 e. The van der Waals surface area contributed by atoms with E-state index in [0.29, 0.717) is 0 Å². The molecule has 11 nitrogen and oxygen atoms in total. The Hall–Kier alpha value is -0.440. The Bertz CT molecular complexity index is 423. The van der Waals surface area contributed by atoms with Crippen LogP contribution in [0.15, 0.2) is 0 Å². The normalized spacial score (nSPS) is 54.9. The maximum atomic E-state index is 10.8. The molecular formula is C12H23NO10. The topological polar surface area (TPSA) is 206 Å². The quantitative estimate of drug-likeness (QED) is 0.236. The van der Waals surface area contributed by atoms with E-state index in [9.17, 15) is 35.7 Å². The molecule has 0 spiro atoms. The minimum absolute atomic E-state index is 0.659. The summed E-state index contributed by atoms with van der Waals surface area (Å²) in [7, 11) is 0. The third-order valence-corrected chi connectivity index (χ3v) is 4.69. The average Bonchev–Trinajstić information content (AvgIpc) is 2.54. The highest BCUT2D eigenvalue weighted by atomic mass is 16.6. The van der Waals surface area contributed by atoms with Gasteiger partial charge in [-0.25, -0.2) is 0 Å². The third-order valence-electron chi connectivity index (χ3n) is 4.69. The number of rotatable bonds is 3. The highest BCUT2D eigenvalue weighted by molar-refractivity contribution is 5.19. The van der Waals surface area contributed by atoms with Gasteiger partial charge in [0, 0.05) is 0 Å². The van der Waals surface area contributed by atoms with Crippen LogP contribution in [0.25, 0.3) is 0 Å². The van der Waals surface area contributed by atoms with Crippen molar-refractivity contribution in [3.63, 3.8) is 0 Å². The summed E-state index contributed by atoms with van der Waals surface area (Å²) in [5.41, 5.74) is 0.0562. The Labute approximate surface area is 131 Å². The summed E-state index contributed by atoms with van der Waals surface area (Å²) in [6, 6.07) is -1.56. The van der Waals surface area contributed by atoms with E-state index in [4.69, 9.17) is 20.3 Å². The van der Waals surface area contributed by atoms with Crippen LogP contribution < -0.4 is 5.73 Å². The lowest BCUT2D eigenvalue weighted by molar-refractivity contribution is -0.371. The van der Waals surface area contributed by atoms with Crippen molar-refractivity contribution in [3.8, 4) is 0 Å². The van der Waals surface area contributed by atoms with Crippen LogP contribution in [0.1, 0.15) is 0 Å². The smallest absolute Gasteiger partial charge is 0.173 e. The zero-order chi connectivity index (χ0) is 17.6. The summed E-state index contributed by atoms with van der Waals surface area (Å²) < 4.78 is 9.93. The van der Waals surface area contributed by atoms with Crippen molar-refractivity contribution in [1.29, 1.82) is 0 Å². The Morgan fingerprint density at radius 3 is 2.13 bits per heavy atom. The van der Waals surface area contributed by atoms with Crippen LogP contribution in [-0.2, 0) is 9.47 Å². The molecule has 0 aliphatic carbocycles. The molecule has 0 aromatic heterocycles. The number of hydrogen-bond donors (Lipinski definition) is 9. The molecule has 0 bridgehead atoms. The predicted molar refractivity (Wildman–Crippen MR) is 70.7 cm³/mol. The van der Waals surface area contributed by atoms with Crippen LogP contribution in [0, 0.1) is 0 Å². The molecule has 2 aliphatic rings. The van der Waals surface area contributed by atoms with E-state index in [2.05, 4.69) is 0 Å². The molecule has 11 heteroatoms. The van der Waals surface area contributed by atoms with Gasteiger partial charge in [0.15, 0.2) is 17.5 Å². The van der Waals surface area contributed by atoms with Crippen LogP contribution in [0.2, 0.25) is 0 Å². The molecule has 0 saturated carbocycles. The average molecular weight is 341 g/mol. The molecule has 2 fully saturated rings. The molecule has 136 valence electrons. The molecule has 2 aliphatic heterocycles. The molecular weight excluding hydrogens is 318 g/mol. The monoisotopic (exact) mass is 341 g/mol. The fraction of sp³-hybridized carbons (Fsp3) is 1.00. The number of aliphatic hydroxyl groups is 8. The fourth-order valence-electron chi connectivity index (χ4n) is 3.14. The second-order valence-corrected chi connectivity index (χ2v) is 5.94. The van der Waals surface area contributed by atoms with E-state index in [1.54, 1.807) is 0 Å². The van der Waals surface area contributed by atoms with E-state index in [1.165, 1.54) is 0 Å². The zero-order valence-electron chi connectivity index (χ0n) is 12.1. The van der Waals surface area contributed by atoms with E-state index < -0.39 is 73.9 Å². The van der Waals surface area contributed by atoms with Crippen molar-refractivity contribution in [2.45, 2.75) is 54.1 Å². The minimum atomic E-state index is -2.76. The standard InChI is InChI=1S/C12H23NO10/c13-6-8(17)12(21,5(2-15)23-10(6)19)11(20)3-22-4(1-14)7(16)9(11)18/h4-10,14-21H,1-3,13H2/t4-,5-,6+,7-,8-,9+,10+,11-,12-/m1/s1. The highest BCUT2D eigenvalue weighted by Crippen LogP contribution is 2.42. The van der Waals surface area contributed by atoms with Gasteiger partial charge in [-0.2, -0.15) is 0 Å². The van der Waals surface area contributed by atoms with Gasteiger partial charge in [0.05, 0.1) is 25.9 Å². The molecule has 0 aromatic carbocycles. The highest BCUT2D eigenvalue weighted by Gasteiger charge is 2.69. The molecule has 0 aromatic rings. The second-order valence-electron chi connectivity index (χ2n) is 5.94. The van der Waals surface area contributed by atoms with E-state index in [1.807, 2.05) is 0 Å². The van der Waals surface area contributed by atoms with Gasteiger partial charge in [-0.3, -0.25) is 0 Å². The first-order valence-electron chi connectivity index (χ1n) is 7.06. The van der Waals surface area contributed by atoms with Gasteiger partial charge >= 0.3 is 0 Å². The third kappa shape index (κ3) is 2.58. The molecule has 9 atom stereocenters. The Morgan fingerprint density at radius 1 is 1.00 bits per heavy atom. The summed E-state index contributed by atoms with van der Waals surface area (Å²) >= 11 is 0. The number of aliphatic hydroxyl groups excluding tert-OH is 6. The predicted octanol–water partition coefficient (Wildman–Crippen LogP) is -6.04. The van der Waals surface area contributed by atoms with Crippen molar-refractivity contribution >= 4 is 0 Å². The van der Waals surface area contributed by atoms with Crippen LogP contribution in [0.3, 0.4) is 0 Å². The Balaban J connectivity index is 2.42. The molecule has 2 saturated heterocycles. The molecule has 2 rings (SSSR count). The maximum Gasteiger partial charge on any atom is 0.173 e. The maximum absolute atomic E-state index is 10.8. The lowest BCUT2D eigenvalue weighted by Crippen LogP contribution is -2.83. The molecule has 0 unspecified atom stereocenters. The molecule has 10 N–H and O–H groups in total. The summed E-state index contributed by atoms with van der Waals surface area (Å²) in [4.78, 5) is 0. The number of ether oxygens (including phenoxy) is 2. The van der Waals surface area contributed by atoms with Gasteiger partial charge in [-0.1, -0.05) is 0 Å². The molecule has 2 heterocycles. The molecule has 23 heavy (non-hydrogen) atoms. The Morgan fingerprint density at radius 2 is 1.61 bits per heavy atom. The van der Waals surface area contributed by atoms with E-state index in [-0.39, 0.29) is 0 Å². The zero-order valence-corrected chi connectivity index (χ0v) is 12.1. The van der Waals surface area contributed by atoms with Crippen LogP contribution in [0.5, 0.6) is 0 Å². The van der Waals surface area contributed by atoms with Gasteiger partial charge in [0.2, 0.25) is 0 Å². The van der Waals surface area contributed by atoms with Gasteiger partial charge in [0.25, 0.3) is 0 Å². The SMILES string of the molecule is N[C@H]1[C@@H](O)[C@@](O)([C@@]2(O)CO[C@H](CO)[C@@H](O)[C@@H]2O)[C@@H](CO)O[C@@H]1O. The first-order valence-corrected chi connectivity index (χ1v) is 7.06. The first-order chi connectivity index (χ1) is 10.6. The lowest BCUT2D eigenvalue weighted by Gasteiger charge is -2.57. The van der Waals surface area contributed by atoms with Gasteiger partial charge < -0.3 is 56.1 Å². The number of hydrogen-bond acceptors (Lipinski definition) is 11. The van der Waals surface area contributed by atoms with E-state index in [0.717, 1.165) is 0 Å². The van der Waals surface area contributed by atoms with Gasteiger partial charge in [-0.05, 0) is 0 Å². The Kier molecular flexibility index (Phi) is 5.31. The summed E-state index contributed by atoms with van der Waals surface area (Å²) in [6.07, 6.45) is -10.6. The van der Waals surface area contributed by atoms with Crippen molar-refractivity contribution in [1.82, 2.24) is 0 Å². The lowest BCUT2D eigenvalue weighted by atomic mass is 9.66. The summed E-state index contributed by atoms with van der Waals surface area (Å²) in [5, 5.41) is 79.9. The molecule has 0 amide bonds. The van der Waals surface area contributed by atoms with Crippen molar-refractivity contribution in [2.75, 3.05) is 19.8 Å².